The number of amides is 1. The average molecular weight is 562 g/mol. The van der Waals surface area contributed by atoms with E-state index in [2.05, 4.69) is 36.8 Å². The number of allylic oxidation sites excluding steroid dienone is 1. The Bertz CT molecular complexity index is 1420. The third kappa shape index (κ3) is 6.24. The zero-order valence-corrected chi connectivity index (χ0v) is 23.1. The number of aliphatic imine (C=N–C) groups is 2. The van der Waals surface area contributed by atoms with Crippen molar-refractivity contribution in [3.05, 3.63) is 89.9 Å². The van der Waals surface area contributed by atoms with Crippen LogP contribution in [0.15, 0.2) is 83.2 Å². The van der Waals surface area contributed by atoms with Crippen LogP contribution in [0, 0.1) is 6.92 Å². The molecule has 1 saturated heterocycles. The van der Waals surface area contributed by atoms with Crippen molar-refractivity contribution in [3.63, 3.8) is 0 Å². The summed E-state index contributed by atoms with van der Waals surface area (Å²) in [6, 6.07) is 12.1. The van der Waals surface area contributed by atoms with Crippen molar-refractivity contribution in [1.29, 1.82) is 0 Å². The number of nitrogens with one attached hydrogen (secondary N) is 2. The maximum Gasteiger partial charge on any atom is 0.387 e. The summed E-state index contributed by atoms with van der Waals surface area (Å²) in [5, 5.41) is 6.61. The van der Waals surface area contributed by atoms with E-state index >= 15 is 0 Å². The number of hydrogen-bond acceptors (Lipinski definition) is 8. The quantitative estimate of drug-likeness (QED) is 0.541. The number of piperazine rings is 1. The second-order valence-corrected chi connectivity index (χ2v) is 9.74. The molecule has 0 spiro atoms. The number of halogens is 2. The molecule has 1 amide bonds. The summed E-state index contributed by atoms with van der Waals surface area (Å²) in [4.78, 5) is 28.2. The first-order valence-corrected chi connectivity index (χ1v) is 13.5. The van der Waals surface area contributed by atoms with Crippen molar-refractivity contribution in [1.82, 2.24) is 20.0 Å². The van der Waals surface area contributed by atoms with Gasteiger partial charge in [-0.25, -0.2) is 4.99 Å². The first-order valence-electron chi connectivity index (χ1n) is 13.5. The van der Waals surface area contributed by atoms with Crippen LogP contribution in [0.5, 0.6) is 5.75 Å². The second kappa shape index (κ2) is 12.2. The number of aryl methyl sites for hydroxylation is 1. The lowest BCUT2D eigenvalue weighted by Gasteiger charge is -2.36. The summed E-state index contributed by atoms with van der Waals surface area (Å²) in [6.07, 6.45) is 5.35. The van der Waals surface area contributed by atoms with Gasteiger partial charge in [0.25, 0.3) is 5.91 Å². The van der Waals surface area contributed by atoms with Gasteiger partial charge in [0.05, 0.1) is 12.2 Å². The van der Waals surface area contributed by atoms with Crippen molar-refractivity contribution in [3.8, 4) is 5.75 Å². The van der Waals surface area contributed by atoms with E-state index in [4.69, 9.17) is 0 Å². The minimum atomic E-state index is -2.88. The number of hydrogen-bond donors (Lipinski definition) is 2. The number of anilines is 1. The number of guanidine groups is 1. The van der Waals surface area contributed by atoms with Gasteiger partial charge in [0.15, 0.2) is 11.8 Å². The van der Waals surface area contributed by atoms with E-state index in [9.17, 15) is 13.6 Å². The molecule has 3 aliphatic rings. The standard InChI is InChI=1S/C30H33F2N7O2/c1-4-26(22-5-8-24(9-6-22)41-29(31)32)39-14-13-33-27(21(39)3)36-23-7-10-25(20(2)19-23)28(40)37-15-17-38(18-16-37)30-34-11-12-35-30/h4-10,13-14,19,29H,3,11-12,15-18H2,1-2H3,(H,33,36)(H,34,35)/b26-4-. The van der Waals surface area contributed by atoms with Crippen LogP contribution in [-0.4, -0.2) is 78.3 Å². The van der Waals surface area contributed by atoms with E-state index in [0.717, 1.165) is 54.6 Å². The average Bonchev–Trinajstić information content (AvgIpc) is 3.51. The van der Waals surface area contributed by atoms with Crippen molar-refractivity contribution in [2.45, 2.75) is 20.5 Å². The minimum absolute atomic E-state index is 0.0197. The molecule has 5 rings (SSSR count). The van der Waals surface area contributed by atoms with E-state index in [-0.39, 0.29) is 11.7 Å². The Morgan fingerprint density at radius 3 is 2.54 bits per heavy atom. The Morgan fingerprint density at radius 2 is 1.90 bits per heavy atom. The molecule has 1 fully saturated rings. The number of carbonyl (C=O) groups excluding carboxylic acids is 1. The summed E-state index contributed by atoms with van der Waals surface area (Å²) < 4.78 is 29.5. The number of amidine groups is 1. The fourth-order valence-corrected chi connectivity index (χ4v) is 5.04. The predicted octanol–water partition coefficient (Wildman–Crippen LogP) is 4.49. The highest BCUT2D eigenvalue weighted by Crippen LogP contribution is 2.29. The molecule has 0 unspecified atom stereocenters. The molecule has 3 heterocycles. The predicted molar refractivity (Wildman–Crippen MR) is 157 cm³/mol. The SMILES string of the molecule is C=C1C(Nc2ccc(C(=O)N3CCN(C4=NCCN4)CC3)c(C)c2)=NC=CN1/C(=C\C)c1ccc(OC(F)F)cc1. The van der Waals surface area contributed by atoms with Gasteiger partial charge < -0.3 is 30.1 Å². The maximum absolute atomic E-state index is 13.3. The van der Waals surface area contributed by atoms with Crippen molar-refractivity contribution < 1.29 is 18.3 Å². The van der Waals surface area contributed by atoms with Crippen molar-refractivity contribution in [2.75, 3.05) is 44.6 Å². The van der Waals surface area contributed by atoms with Gasteiger partial charge in [0.2, 0.25) is 0 Å². The molecule has 2 aromatic carbocycles. The number of carbonyl (C=O) groups is 1. The highest BCUT2D eigenvalue weighted by atomic mass is 19.3. The van der Waals surface area contributed by atoms with Crippen LogP contribution in [0.2, 0.25) is 0 Å². The van der Waals surface area contributed by atoms with Crippen LogP contribution < -0.4 is 15.4 Å². The van der Waals surface area contributed by atoms with Gasteiger partial charge in [-0.2, -0.15) is 8.78 Å². The van der Waals surface area contributed by atoms with Gasteiger partial charge in [0, 0.05) is 62.1 Å². The molecule has 214 valence electrons. The Kier molecular flexibility index (Phi) is 8.32. The zero-order valence-electron chi connectivity index (χ0n) is 23.1. The lowest BCUT2D eigenvalue weighted by molar-refractivity contribution is -0.0498. The fraction of sp³-hybridized carbons (Fsp3) is 0.300. The van der Waals surface area contributed by atoms with E-state index < -0.39 is 6.61 Å². The number of ether oxygens (including phenoxy) is 1. The van der Waals surface area contributed by atoms with Gasteiger partial charge >= 0.3 is 6.61 Å². The summed E-state index contributed by atoms with van der Waals surface area (Å²) in [5.41, 5.74) is 4.51. The van der Waals surface area contributed by atoms with Crippen molar-refractivity contribution in [2.24, 2.45) is 9.98 Å². The Morgan fingerprint density at radius 1 is 1.15 bits per heavy atom. The molecule has 2 N–H and O–H groups in total. The topological polar surface area (TPSA) is 84.8 Å². The summed E-state index contributed by atoms with van der Waals surface area (Å²) in [5.74, 6) is 1.59. The summed E-state index contributed by atoms with van der Waals surface area (Å²) in [6.45, 7) is 9.63. The van der Waals surface area contributed by atoms with E-state index in [1.165, 1.54) is 12.1 Å². The first kappa shape index (κ1) is 27.9. The number of alkyl halides is 2. The molecule has 0 bridgehead atoms. The van der Waals surface area contributed by atoms with Gasteiger partial charge in [-0.1, -0.05) is 12.7 Å². The molecule has 3 aliphatic heterocycles. The van der Waals surface area contributed by atoms with Gasteiger partial charge in [-0.3, -0.25) is 9.79 Å². The van der Waals surface area contributed by atoms with Crippen LogP contribution in [0.25, 0.3) is 5.70 Å². The molecule has 0 saturated carbocycles. The molecular formula is C30H33F2N7O2. The molecule has 0 radical (unpaired) electrons. The molecular weight excluding hydrogens is 528 g/mol. The van der Waals surface area contributed by atoms with Crippen LogP contribution >= 0.6 is 0 Å². The molecule has 0 aromatic heterocycles. The Hall–Kier alpha value is -4.67. The summed E-state index contributed by atoms with van der Waals surface area (Å²) in [7, 11) is 0. The first-order chi connectivity index (χ1) is 19.8. The molecule has 2 aromatic rings. The van der Waals surface area contributed by atoms with Crippen LogP contribution in [0.1, 0.15) is 28.4 Å². The van der Waals surface area contributed by atoms with Gasteiger partial charge in [-0.05, 0) is 67.4 Å². The number of nitrogens with zero attached hydrogens (tertiary/aromatic N) is 5. The third-order valence-corrected chi connectivity index (χ3v) is 7.13. The smallest absolute Gasteiger partial charge is 0.387 e. The lowest BCUT2D eigenvalue weighted by Crippen LogP contribution is -2.52. The Labute approximate surface area is 238 Å². The van der Waals surface area contributed by atoms with Crippen molar-refractivity contribution >= 4 is 29.1 Å². The van der Waals surface area contributed by atoms with E-state index in [1.54, 1.807) is 24.5 Å². The molecule has 0 atom stereocenters. The highest BCUT2D eigenvalue weighted by Gasteiger charge is 2.26. The molecule has 0 aliphatic carbocycles. The molecule has 9 nitrogen and oxygen atoms in total. The minimum Gasteiger partial charge on any atom is -0.435 e. The van der Waals surface area contributed by atoms with Crippen LogP contribution in [-0.2, 0) is 0 Å². The number of benzene rings is 2. The number of rotatable bonds is 6. The normalized spacial score (nSPS) is 17.4. The van der Waals surface area contributed by atoms with Gasteiger partial charge in [-0.15, -0.1) is 0 Å². The monoisotopic (exact) mass is 561 g/mol. The third-order valence-electron chi connectivity index (χ3n) is 7.13. The fourth-order valence-electron chi connectivity index (χ4n) is 5.04. The van der Waals surface area contributed by atoms with E-state index in [0.29, 0.717) is 30.2 Å². The van der Waals surface area contributed by atoms with Crippen LogP contribution in [0.4, 0.5) is 14.5 Å². The van der Waals surface area contributed by atoms with E-state index in [1.807, 2.05) is 47.9 Å². The van der Waals surface area contributed by atoms with Gasteiger partial charge in [0.1, 0.15) is 5.75 Å². The second-order valence-electron chi connectivity index (χ2n) is 9.74. The maximum atomic E-state index is 13.3. The lowest BCUT2D eigenvalue weighted by atomic mass is 10.1. The van der Waals surface area contributed by atoms with Crippen LogP contribution in [0.3, 0.4) is 0 Å². The largest absolute Gasteiger partial charge is 0.435 e. The zero-order chi connectivity index (χ0) is 28.9. The highest BCUT2D eigenvalue weighted by molar-refractivity contribution is 6.09. The molecule has 41 heavy (non-hydrogen) atoms. The Balaban J connectivity index is 1.23. The summed E-state index contributed by atoms with van der Waals surface area (Å²) >= 11 is 0. The molecule has 11 heteroatoms.